The van der Waals surface area contributed by atoms with Crippen molar-refractivity contribution in [3.8, 4) is 0 Å². The average Bonchev–Trinajstić information content (AvgIpc) is 2.79. The van der Waals surface area contributed by atoms with Gasteiger partial charge in [0, 0.05) is 7.05 Å². The minimum Gasteiger partial charge on any atom is -0.436 e. The number of amides is 2. The van der Waals surface area contributed by atoms with E-state index in [-0.39, 0.29) is 5.91 Å². The molecule has 0 aliphatic heterocycles. The number of ether oxygens (including phenoxy) is 1. The van der Waals surface area contributed by atoms with E-state index in [4.69, 9.17) is 10.5 Å². The highest BCUT2D eigenvalue weighted by atomic mass is 16.6. The zero-order chi connectivity index (χ0) is 12.7. The maximum atomic E-state index is 11.4. The van der Waals surface area contributed by atoms with Gasteiger partial charge in [0.1, 0.15) is 0 Å². The second-order valence-corrected chi connectivity index (χ2v) is 4.62. The van der Waals surface area contributed by atoms with Gasteiger partial charge in [0.15, 0.2) is 6.10 Å². The predicted molar refractivity (Wildman–Crippen MR) is 64.3 cm³/mol. The number of primary amides is 1. The van der Waals surface area contributed by atoms with Gasteiger partial charge in [-0.2, -0.15) is 0 Å². The molecule has 2 amide bonds. The van der Waals surface area contributed by atoms with Gasteiger partial charge in [-0.3, -0.25) is 4.79 Å². The van der Waals surface area contributed by atoms with E-state index in [1.807, 2.05) is 0 Å². The van der Waals surface area contributed by atoms with Gasteiger partial charge in [-0.15, -0.1) is 0 Å². The molecule has 17 heavy (non-hydrogen) atoms. The van der Waals surface area contributed by atoms with E-state index < -0.39 is 12.2 Å². The molecule has 5 heteroatoms. The van der Waals surface area contributed by atoms with Crippen molar-refractivity contribution >= 4 is 12.0 Å². The molecule has 0 aromatic carbocycles. The number of nitrogens with two attached hydrogens (primary N) is 1. The third kappa shape index (κ3) is 5.06. The van der Waals surface area contributed by atoms with Gasteiger partial charge in [0.2, 0.25) is 0 Å². The van der Waals surface area contributed by atoms with Crippen molar-refractivity contribution in [1.29, 1.82) is 0 Å². The number of carbonyl (C=O) groups is 2. The van der Waals surface area contributed by atoms with Crippen molar-refractivity contribution < 1.29 is 14.3 Å². The fourth-order valence-electron chi connectivity index (χ4n) is 2.44. The van der Waals surface area contributed by atoms with Crippen LogP contribution in [0, 0.1) is 5.92 Å². The normalized spacial score (nSPS) is 17.7. The van der Waals surface area contributed by atoms with Crippen LogP contribution in [0.25, 0.3) is 0 Å². The standard InChI is InChI=1S/C12H22N2O3/c1-14-11(15)10(17-12(13)16)8-4-7-9-5-2-3-6-9/h9-10H,2-8H2,1H3,(H2,13,16)(H,14,15)/t10-/m0/s1. The van der Waals surface area contributed by atoms with E-state index in [1.54, 1.807) is 0 Å². The van der Waals surface area contributed by atoms with Gasteiger partial charge in [0.25, 0.3) is 5.91 Å². The molecule has 1 fully saturated rings. The second-order valence-electron chi connectivity index (χ2n) is 4.62. The summed E-state index contributed by atoms with van der Waals surface area (Å²) in [6.07, 6.45) is 6.16. The van der Waals surface area contributed by atoms with Crippen molar-refractivity contribution in [3.05, 3.63) is 0 Å². The molecule has 5 nitrogen and oxygen atoms in total. The molecular weight excluding hydrogens is 220 g/mol. The van der Waals surface area contributed by atoms with Crippen LogP contribution in [0.4, 0.5) is 4.79 Å². The largest absolute Gasteiger partial charge is 0.436 e. The number of nitrogens with one attached hydrogen (secondary N) is 1. The van der Waals surface area contributed by atoms with Crippen molar-refractivity contribution in [1.82, 2.24) is 5.32 Å². The maximum absolute atomic E-state index is 11.4. The molecule has 0 aromatic rings. The van der Waals surface area contributed by atoms with Crippen molar-refractivity contribution in [2.75, 3.05) is 7.05 Å². The maximum Gasteiger partial charge on any atom is 0.405 e. The van der Waals surface area contributed by atoms with E-state index in [2.05, 4.69) is 5.32 Å². The lowest BCUT2D eigenvalue weighted by atomic mass is 9.99. The Kier molecular flexibility index (Phi) is 5.80. The van der Waals surface area contributed by atoms with Crippen LogP contribution in [0.2, 0.25) is 0 Å². The highest BCUT2D eigenvalue weighted by Gasteiger charge is 2.21. The lowest BCUT2D eigenvalue weighted by Crippen LogP contribution is -2.37. The number of hydrogen-bond donors (Lipinski definition) is 2. The second kappa shape index (κ2) is 7.14. The van der Waals surface area contributed by atoms with Gasteiger partial charge in [-0.25, -0.2) is 4.79 Å². The Hall–Kier alpha value is -1.26. The molecule has 0 heterocycles. The van der Waals surface area contributed by atoms with Crippen LogP contribution in [0.5, 0.6) is 0 Å². The highest BCUT2D eigenvalue weighted by Crippen LogP contribution is 2.29. The lowest BCUT2D eigenvalue weighted by molar-refractivity contribution is -0.129. The van der Waals surface area contributed by atoms with Crippen molar-refractivity contribution in [2.24, 2.45) is 11.7 Å². The van der Waals surface area contributed by atoms with Gasteiger partial charge >= 0.3 is 6.09 Å². The van der Waals surface area contributed by atoms with E-state index in [0.717, 1.165) is 18.8 Å². The van der Waals surface area contributed by atoms with E-state index in [9.17, 15) is 9.59 Å². The number of carbonyl (C=O) groups excluding carboxylic acids is 2. The first-order valence-corrected chi connectivity index (χ1v) is 6.31. The molecule has 1 aliphatic rings. The van der Waals surface area contributed by atoms with Gasteiger partial charge in [0.05, 0.1) is 0 Å². The summed E-state index contributed by atoms with van der Waals surface area (Å²) in [4.78, 5) is 22.1. The van der Waals surface area contributed by atoms with E-state index in [0.29, 0.717) is 6.42 Å². The summed E-state index contributed by atoms with van der Waals surface area (Å²) in [6, 6.07) is 0. The monoisotopic (exact) mass is 242 g/mol. The summed E-state index contributed by atoms with van der Waals surface area (Å²) in [6.45, 7) is 0. The topological polar surface area (TPSA) is 81.4 Å². The molecule has 1 saturated carbocycles. The molecule has 0 unspecified atom stereocenters. The Morgan fingerprint density at radius 2 is 2.06 bits per heavy atom. The first kappa shape index (κ1) is 13.8. The average molecular weight is 242 g/mol. The fraction of sp³-hybridized carbons (Fsp3) is 0.833. The van der Waals surface area contributed by atoms with E-state index in [1.165, 1.54) is 32.7 Å². The first-order chi connectivity index (χ1) is 8.13. The summed E-state index contributed by atoms with van der Waals surface area (Å²) in [5, 5.41) is 2.48. The molecule has 1 atom stereocenters. The van der Waals surface area contributed by atoms with Crippen LogP contribution in [-0.4, -0.2) is 25.2 Å². The zero-order valence-electron chi connectivity index (χ0n) is 10.4. The Morgan fingerprint density at radius 3 is 2.59 bits per heavy atom. The van der Waals surface area contributed by atoms with E-state index >= 15 is 0 Å². The summed E-state index contributed by atoms with van der Waals surface area (Å²) in [5.41, 5.74) is 4.94. The minimum atomic E-state index is -0.889. The molecule has 1 aliphatic carbocycles. The summed E-state index contributed by atoms with van der Waals surface area (Å²) >= 11 is 0. The summed E-state index contributed by atoms with van der Waals surface area (Å²) in [5.74, 6) is 0.504. The van der Waals surface area contributed by atoms with Gasteiger partial charge < -0.3 is 15.8 Å². The Labute approximate surface area is 102 Å². The Balaban J connectivity index is 2.27. The Morgan fingerprint density at radius 1 is 1.41 bits per heavy atom. The molecule has 3 N–H and O–H groups in total. The van der Waals surface area contributed by atoms with Crippen LogP contribution in [-0.2, 0) is 9.53 Å². The SMILES string of the molecule is CNC(=O)[C@H](CCCC1CCCC1)OC(N)=O. The molecular formula is C12H22N2O3. The molecule has 1 rings (SSSR count). The van der Waals surface area contributed by atoms with Crippen LogP contribution in [0.15, 0.2) is 0 Å². The van der Waals surface area contributed by atoms with Crippen LogP contribution in [0.1, 0.15) is 44.9 Å². The summed E-state index contributed by atoms with van der Waals surface area (Å²) < 4.78 is 4.79. The quantitative estimate of drug-likeness (QED) is 0.741. The first-order valence-electron chi connectivity index (χ1n) is 6.31. The number of likely N-dealkylation sites (N-methyl/N-ethyl adjacent to an activating group) is 1. The van der Waals surface area contributed by atoms with Crippen molar-refractivity contribution in [2.45, 2.75) is 51.0 Å². The number of hydrogen-bond acceptors (Lipinski definition) is 3. The lowest BCUT2D eigenvalue weighted by Gasteiger charge is -2.16. The fourth-order valence-corrected chi connectivity index (χ4v) is 2.44. The van der Waals surface area contributed by atoms with Crippen LogP contribution >= 0.6 is 0 Å². The highest BCUT2D eigenvalue weighted by molar-refractivity contribution is 5.82. The zero-order valence-corrected chi connectivity index (χ0v) is 10.4. The molecule has 0 saturated heterocycles. The molecule has 0 bridgehead atoms. The minimum absolute atomic E-state index is 0.282. The number of rotatable bonds is 6. The van der Waals surface area contributed by atoms with Gasteiger partial charge in [-0.05, 0) is 18.8 Å². The third-order valence-corrected chi connectivity index (χ3v) is 3.35. The predicted octanol–water partition coefficient (Wildman–Crippen LogP) is 1.56. The molecule has 0 radical (unpaired) electrons. The van der Waals surface area contributed by atoms with Gasteiger partial charge in [-0.1, -0.05) is 32.1 Å². The van der Waals surface area contributed by atoms with Crippen LogP contribution < -0.4 is 11.1 Å². The molecule has 0 spiro atoms. The molecule has 0 aromatic heterocycles. The molecule has 98 valence electrons. The van der Waals surface area contributed by atoms with Crippen LogP contribution in [0.3, 0.4) is 0 Å². The third-order valence-electron chi connectivity index (χ3n) is 3.35. The smallest absolute Gasteiger partial charge is 0.405 e. The summed E-state index contributed by atoms with van der Waals surface area (Å²) in [7, 11) is 1.52. The van der Waals surface area contributed by atoms with Crippen molar-refractivity contribution in [3.63, 3.8) is 0 Å². The Bertz CT molecular complexity index is 262.